The third kappa shape index (κ3) is 2.88. The van der Waals surface area contributed by atoms with Gasteiger partial charge in [-0.3, -0.25) is 0 Å². The van der Waals surface area contributed by atoms with Crippen LogP contribution in [0.5, 0.6) is 0 Å². The van der Waals surface area contributed by atoms with Gasteiger partial charge in [0.1, 0.15) is 5.82 Å². The fourth-order valence-corrected chi connectivity index (χ4v) is 1.94. The number of carbonyl (C=O) groups excluding carboxylic acids is 1. The van der Waals surface area contributed by atoms with Gasteiger partial charge >= 0.3 is 5.97 Å². The molecule has 20 heavy (non-hydrogen) atoms. The highest BCUT2D eigenvalue weighted by Gasteiger charge is 2.15. The molecule has 0 aliphatic rings. The van der Waals surface area contributed by atoms with E-state index in [1.807, 2.05) is 0 Å². The summed E-state index contributed by atoms with van der Waals surface area (Å²) in [5, 5.41) is 2.75. The average Bonchev–Trinajstić information content (AvgIpc) is 2.44. The van der Waals surface area contributed by atoms with Crippen molar-refractivity contribution in [2.45, 2.75) is 0 Å². The molecule has 0 atom stereocenters. The number of benzene rings is 1. The molecule has 0 bridgehead atoms. The van der Waals surface area contributed by atoms with Gasteiger partial charge in [0.15, 0.2) is 5.82 Å². The number of nitrogens with one attached hydrogen (secondary N) is 1. The van der Waals surface area contributed by atoms with E-state index in [2.05, 4.69) is 31.0 Å². The zero-order chi connectivity index (χ0) is 14.7. The van der Waals surface area contributed by atoms with Crippen molar-refractivity contribution >= 4 is 39.1 Å². The fourth-order valence-electron chi connectivity index (χ4n) is 1.58. The Morgan fingerprint density at radius 2 is 2.20 bits per heavy atom. The van der Waals surface area contributed by atoms with E-state index in [1.165, 1.54) is 25.4 Å². The number of esters is 1. The molecule has 0 amide bonds. The number of hydrogen-bond donors (Lipinski definition) is 2. The summed E-state index contributed by atoms with van der Waals surface area (Å²) in [6.45, 7) is 0. The second kappa shape index (κ2) is 5.87. The summed E-state index contributed by atoms with van der Waals surface area (Å²) in [5.41, 5.74) is 6.29. The maximum Gasteiger partial charge on any atom is 0.340 e. The number of rotatable bonds is 3. The highest BCUT2D eigenvalue weighted by Crippen LogP contribution is 2.27. The van der Waals surface area contributed by atoms with Crippen LogP contribution >= 0.6 is 15.9 Å². The summed E-state index contributed by atoms with van der Waals surface area (Å²) < 4.78 is 19.0. The van der Waals surface area contributed by atoms with Crippen molar-refractivity contribution in [2.24, 2.45) is 0 Å². The molecule has 0 saturated heterocycles. The van der Waals surface area contributed by atoms with Crippen LogP contribution in [-0.2, 0) is 4.74 Å². The Balaban J connectivity index is 2.39. The summed E-state index contributed by atoms with van der Waals surface area (Å²) in [7, 11) is 1.25. The summed E-state index contributed by atoms with van der Waals surface area (Å²) in [6, 6.07) is 5.85. The molecule has 2 aromatic rings. The first kappa shape index (κ1) is 14.3. The lowest BCUT2D eigenvalue weighted by Crippen LogP contribution is -2.09. The molecule has 0 aliphatic heterocycles. The average molecular weight is 340 g/mol. The maximum absolute atomic E-state index is 13.7. The summed E-state index contributed by atoms with van der Waals surface area (Å²) in [5.74, 6) is -0.856. The molecule has 104 valence electrons. The number of methoxy groups -OCH3 is 1. The summed E-state index contributed by atoms with van der Waals surface area (Å²) in [6.07, 6.45) is 1.39. The van der Waals surface area contributed by atoms with Crippen molar-refractivity contribution in [2.75, 3.05) is 18.2 Å². The zero-order valence-electron chi connectivity index (χ0n) is 10.5. The van der Waals surface area contributed by atoms with Gasteiger partial charge in [0.25, 0.3) is 0 Å². The number of anilines is 3. The van der Waals surface area contributed by atoms with Crippen molar-refractivity contribution in [3.05, 3.63) is 46.3 Å². The SMILES string of the molecule is COC(=O)c1ccnc(Nc2cc(Br)ccc2F)c1N. The molecule has 1 aromatic heterocycles. The van der Waals surface area contributed by atoms with Crippen LogP contribution in [0.2, 0.25) is 0 Å². The van der Waals surface area contributed by atoms with Crippen LogP contribution in [0.25, 0.3) is 0 Å². The lowest BCUT2D eigenvalue weighted by Gasteiger charge is -2.11. The third-order valence-electron chi connectivity index (χ3n) is 2.58. The Kier molecular flexibility index (Phi) is 4.19. The van der Waals surface area contributed by atoms with Crippen LogP contribution in [0.15, 0.2) is 34.9 Å². The molecular formula is C13H11BrFN3O2. The number of halogens is 2. The molecule has 1 heterocycles. The second-order valence-electron chi connectivity index (χ2n) is 3.86. The molecule has 3 N–H and O–H groups in total. The molecule has 1 aromatic carbocycles. The van der Waals surface area contributed by atoms with Crippen LogP contribution in [-0.4, -0.2) is 18.1 Å². The van der Waals surface area contributed by atoms with Crippen LogP contribution in [0, 0.1) is 5.82 Å². The molecule has 0 unspecified atom stereocenters. The minimum Gasteiger partial charge on any atom is -0.465 e. The van der Waals surface area contributed by atoms with Gasteiger partial charge in [-0.2, -0.15) is 0 Å². The standard InChI is InChI=1S/C13H11BrFN3O2/c1-20-13(19)8-4-5-17-12(11(8)16)18-10-6-7(14)2-3-9(10)15/h2-6H,16H2,1H3,(H,17,18). The van der Waals surface area contributed by atoms with E-state index in [9.17, 15) is 9.18 Å². The number of hydrogen-bond acceptors (Lipinski definition) is 5. The first-order chi connectivity index (χ1) is 9.52. The van der Waals surface area contributed by atoms with E-state index < -0.39 is 11.8 Å². The van der Waals surface area contributed by atoms with E-state index in [0.29, 0.717) is 4.47 Å². The Labute approximate surface area is 123 Å². The molecule has 0 spiro atoms. The van der Waals surface area contributed by atoms with E-state index in [0.717, 1.165) is 0 Å². The number of nitrogens with two attached hydrogens (primary N) is 1. The summed E-state index contributed by atoms with van der Waals surface area (Å²) in [4.78, 5) is 15.5. The Bertz CT molecular complexity index is 664. The van der Waals surface area contributed by atoms with Gasteiger partial charge in [0.2, 0.25) is 0 Å². The monoisotopic (exact) mass is 339 g/mol. The number of nitrogen functional groups attached to an aromatic ring is 1. The first-order valence-electron chi connectivity index (χ1n) is 5.57. The van der Waals surface area contributed by atoms with Crippen LogP contribution in [0.4, 0.5) is 21.6 Å². The molecule has 0 saturated carbocycles. The van der Waals surface area contributed by atoms with Crippen molar-refractivity contribution in [1.82, 2.24) is 4.98 Å². The van der Waals surface area contributed by atoms with E-state index in [4.69, 9.17) is 5.73 Å². The molecule has 5 nitrogen and oxygen atoms in total. The number of aromatic nitrogens is 1. The smallest absolute Gasteiger partial charge is 0.340 e. The Hall–Kier alpha value is -2.15. The Morgan fingerprint density at radius 1 is 1.45 bits per heavy atom. The summed E-state index contributed by atoms with van der Waals surface area (Å²) >= 11 is 3.24. The van der Waals surface area contributed by atoms with Crippen molar-refractivity contribution in [3.63, 3.8) is 0 Å². The van der Waals surface area contributed by atoms with E-state index in [-0.39, 0.29) is 22.8 Å². The lowest BCUT2D eigenvalue weighted by atomic mass is 10.2. The Morgan fingerprint density at radius 3 is 2.90 bits per heavy atom. The van der Waals surface area contributed by atoms with Gasteiger partial charge in [0.05, 0.1) is 24.0 Å². The van der Waals surface area contributed by atoms with Gasteiger partial charge in [-0.15, -0.1) is 0 Å². The minimum absolute atomic E-state index is 0.0960. The van der Waals surface area contributed by atoms with Gasteiger partial charge in [-0.1, -0.05) is 15.9 Å². The van der Waals surface area contributed by atoms with Crippen molar-refractivity contribution in [3.8, 4) is 0 Å². The predicted octanol–water partition coefficient (Wildman–Crippen LogP) is 3.10. The highest BCUT2D eigenvalue weighted by molar-refractivity contribution is 9.10. The molecule has 0 aliphatic carbocycles. The van der Waals surface area contributed by atoms with E-state index in [1.54, 1.807) is 12.1 Å². The topological polar surface area (TPSA) is 77.2 Å². The molecule has 7 heteroatoms. The third-order valence-corrected chi connectivity index (χ3v) is 3.07. The molecule has 0 radical (unpaired) electrons. The molecule has 0 fully saturated rings. The van der Waals surface area contributed by atoms with Crippen LogP contribution < -0.4 is 11.1 Å². The van der Waals surface area contributed by atoms with Crippen molar-refractivity contribution < 1.29 is 13.9 Å². The normalized spacial score (nSPS) is 10.2. The largest absolute Gasteiger partial charge is 0.465 e. The quantitative estimate of drug-likeness (QED) is 0.840. The molecular weight excluding hydrogens is 329 g/mol. The number of pyridine rings is 1. The van der Waals surface area contributed by atoms with Gasteiger partial charge in [0, 0.05) is 10.7 Å². The zero-order valence-corrected chi connectivity index (χ0v) is 12.1. The predicted molar refractivity (Wildman–Crippen MR) is 77.4 cm³/mol. The minimum atomic E-state index is -0.581. The van der Waals surface area contributed by atoms with Gasteiger partial charge in [-0.25, -0.2) is 14.2 Å². The van der Waals surface area contributed by atoms with Gasteiger partial charge in [-0.05, 0) is 24.3 Å². The van der Waals surface area contributed by atoms with Crippen LogP contribution in [0.1, 0.15) is 10.4 Å². The van der Waals surface area contributed by atoms with Crippen molar-refractivity contribution in [1.29, 1.82) is 0 Å². The lowest BCUT2D eigenvalue weighted by molar-refractivity contribution is 0.0602. The number of ether oxygens (including phenoxy) is 1. The first-order valence-corrected chi connectivity index (χ1v) is 6.37. The second-order valence-corrected chi connectivity index (χ2v) is 4.78. The number of nitrogens with zero attached hydrogens (tertiary/aromatic N) is 1. The van der Waals surface area contributed by atoms with Crippen LogP contribution in [0.3, 0.4) is 0 Å². The fraction of sp³-hybridized carbons (Fsp3) is 0.0769. The van der Waals surface area contributed by atoms with Gasteiger partial charge < -0.3 is 15.8 Å². The van der Waals surface area contributed by atoms with E-state index >= 15 is 0 Å². The molecule has 2 rings (SSSR count). The number of carbonyl (C=O) groups is 1. The highest BCUT2D eigenvalue weighted by atomic mass is 79.9. The maximum atomic E-state index is 13.7.